The molecule has 0 fully saturated rings. The topological polar surface area (TPSA) is 100.0 Å². The number of carbonyl (C=O) groups excluding carboxylic acids is 2. The molecule has 0 bridgehead atoms. The van der Waals surface area contributed by atoms with Gasteiger partial charge in [-0.2, -0.15) is 0 Å². The monoisotopic (exact) mass is 489 g/mol. The molecule has 2 aliphatic rings. The smallest absolute Gasteiger partial charge is 0.343 e. The van der Waals surface area contributed by atoms with Crippen LogP contribution in [0.5, 0.6) is 11.5 Å². The summed E-state index contributed by atoms with van der Waals surface area (Å²) in [7, 11) is 1.29. The predicted molar refractivity (Wildman–Crippen MR) is 130 cm³/mol. The number of pyridine rings is 2. The summed E-state index contributed by atoms with van der Waals surface area (Å²) in [6.45, 7) is 1.47. The summed E-state index contributed by atoms with van der Waals surface area (Å²) in [5.41, 5.74) is 2.25. The zero-order chi connectivity index (χ0) is 25.1. The van der Waals surface area contributed by atoms with Gasteiger partial charge in [-0.05, 0) is 24.1 Å². The highest BCUT2D eigenvalue weighted by atomic mass is 16.5. The van der Waals surface area contributed by atoms with Gasteiger partial charge in [-0.15, -0.1) is 0 Å². The number of nitrogens with zero attached hydrogens (tertiary/aromatic N) is 3. The molecule has 5 rings (SSSR count). The van der Waals surface area contributed by atoms with Crippen molar-refractivity contribution >= 4 is 11.9 Å². The molecule has 0 spiro atoms. The van der Waals surface area contributed by atoms with E-state index in [4.69, 9.17) is 14.2 Å². The molecule has 9 heteroatoms. The van der Waals surface area contributed by atoms with Crippen molar-refractivity contribution in [1.82, 2.24) is 14.5 Å². The number of amides is 1. The lowest BCUT2D eigenvalue weighted by Crippen LogP contribution is -2.42. The van der Waals surface area contributed by atoms with E-state index >= 15 is 0 Å². The number of para-hydroxylation sites is 1. The third-order valence-corrected chi connectivity index (χ3v) is 6.64. The van der Waals surface area contributed by atoms with Gasteiger partial charge in [0.25, 0.3) is 5.56 Å². The van der Waals surface area contributed by atoms with Crippen LogP contribution in [0.3, 0.4) is 0 Å². The van der Waals surface area contributed by atoms with Gasteiger partial charge in [0.05, 0.1) is 13.0 Å². The number of hydrogen-bond acceptors (Lipinski definition) is 7. The van der Waals surface area contributed by atoms with Crippen LogP contribution in [0.25, 0.3) is 0 Å². The fourth-order valence-electron chi connectivity index (χ4n) is 4.80. The second-order valence-electron chi connectivity index (χ2n) is 8.86. The number of esters is 1. The van der Waals surface area contributed by atoms with E-state index in [9.17, 15) is 14.4 Å². The molecule has 2 aliphatic heterocycles. The molecule has 186 valence electrons. The van der Waals surface area contributed by atoms with Crippen LogP contribution in [0.15, 0.2) is 59.7 Å². The molecule has 1 aromatic carbocycles. The Labute approximate surface area is 208 Å². The van der Waals surface area contributed by atoms with Crippen LogP contribution in [0.1, 0.15) is 27.2 Å². The summed E-state index contributed by atoms with van der Waals surface area (Å²) >= 11 is 0. The van der Waals surface area contributed by atoms with Crippen molar-refractivity contribution in [1.29, 1.82) is 0 Å². The van der Waals surface area contributed by atoms with Crippen LogP contribution in [-0.4, -0.2) is 53.1 Å². The second-order valence-corrected chi connectivity index (χ2v) is 8.86. The number of methoxy groups -OCH3 is 1. The SMILES string of the molecule is COC(=O)c1c(OCc2cccnc2)cc(=O)n2c1CCN(C(=O)C1COc3ccccc3C1)CC2. The third-order valence-electron chi connectivity index (χ3n) is 6.64. The van der Waals surface area contributed by atoms with Gasteiger partial charge in [0.1, 0.15) is 30.3 Å². The van der Waals surface area contributed by atoms with E-state index < -0.39 is 5.97 Å². The molecule has 1 atom stereocenters. The summed E-state index contributed by atoms with van der Waals surface area (Å²) in [4.78, 5) is 45.0. The van der Waals surface area contributed by atoms with Gasteiger partial charge in [0, 0.05) is 55.8 Å². The Morgan fingerprint density at radius 2 is 2.00 bits per heavy atom. The Kier molecular flexibility index (Phi) is 6.71. The van der Waals surface area contributed by atoms with E-state index in [2.05, 4.69) is 4.98 Å². The van der Waals surface area contributed by atoms with Gasteiger partial charge in [0.2, 0.25) is 5.91 Å². The molecule has 0 N–H and O–H groups in total. The van der Waals surface area contributed by atoms with Gasteiger partial charge in [-0.3, -0.25) is 14.6 Å². The minimum atomic E-state index is -0.586. The summed E-state index contributed by atoms with van der Waals surface area (Å²) in [5, 5.41) is 0. The highest BCUT2D eigenvalue weighted by molar-refractivity contribution is 5.93. The first-order valence-corrected chi connectivity index (χ1v) is 11.9. The van der Waals surface area contributed by atoms with Crippen LogP contribution in [0.2, 0.25) is 0 Å². The average molecular weight is 490 g/mol. The maximum Gasteiger partial charge on any atom is 0.343 e. The fourth-order valence-corrected chi connectivity index (χ4v) is 4.80. The van der Waals surface area contributed by atoms with Crippen LogP contribution in [-0.2, 0) is 35.5 Å². The zero-order valence-corrected chi connectivity index (χ0v) is 20.0. The van der Waals surface area contributed by atoms with Crippen molar-refractivity contribution in [3.05, 3.63) is 87.6 Å². The third kappa shape index (κ3) is 4.68. The van der Waals surface area contributed by atoms with Crippen molar-refractivity contribution in [2.24, 2.45) is 5.92 Å². The van der Waals surface area contributed by atoms with Crippen LogP contribution >= 0.6 is 0 Å². The Morgan fingerprint density at radius 1 is 1.14 bits per heavy atom. The molecular weight excluding hydrogens is 462 g/mol. The molecule has 1 unspecified atom stereocenters. The van der Waals surface area contributed by atoms with Crippen LogP contribution in [0, 0.1) is 5.92 Å². The molecular formula is C27H27N3O6. The Hall–Kier alpha value is -4.14. The van der Waals surface area contributed by atoms with Crippen molar-refractivity contribution in [3.63, 3.8) is 0 Å². The maximum absolute atomic E-state index is 13.4. The average Bonchev–Trinajstić information content (AvgIpc) is 3.15. The van der Waals surface area contributed by atoms with Crippen molar-refractivity contribution in [2.75, 3.05) is 26.8 Å². The number of carbonyl (C=O) groups is 2. The quantitative estimate of drug-likeness (QED) is 0.507. The maximum atomic E-state index is 13.4. The highest BCUT2D eigenvalue weighted by Crippen LogP contribution is 2.29. The first-order chi connectivity index (χ1) is 17.5. The first kappa shape index (κ1) is 23.6. The minimum absolute atomic E-state index is 0.0157. The standard InChI is InChI=1S/C27H27N3O6/c1-34-27(33)25-21-8-10-29(26(32)20-13-19-6-2-3-7-22(19)36-17-20)11-12-30(21)24(31)14-23(25)35-16-18-5-4-9-28-15-18/h2-7,9,14-15,20H,8,10-13,16-17H2,1H3. The van der Waals surface area contributed by atoms with E-state index in [0.29, 0.717) is 38.2 Å². The number of hydrogen-bond donors (Lipinski definition) is 0. The molecule has 1 amide bonds. The zero-order valence-electron chi connectivity index (χ0n) is 20.0. The molecule has 36 heavy (non-hydrogen) atoms. The summed E-state index contributed by atoms with van der Waals surface area (Å²) in [6, 6.07) is 12.7. The number of benzene rings is 1. The van der Waals surface area contributed by atoms with Crippen molar-refractivity contribution in [3.8, 4) is 11.5 Å². The summed E-state index contributed by atoms with van der Waals surface area (Å²) < 4.78 is 18.3. The number of aromatic nitrogens is 2. The van der Waals surface area contributed by atoms with Gasteiger partial charge in [-0.25, -0.2) is 4.79 Å². The van der Waals surface area contributed by atoms with E-state index in [1.54, 1.807) is 27.9 Å². The summed E-state index contributed by atoms with van der Waals surface area (Å²) in [5.74, 6) is 0.0863. The van der Waals surface area contributed by atoms with Gasteiger partial charge in [-0.1, -0.05) is 24.3 Å². The molecule has 3 aromatic rings. The second kappa shape index (κ2) is 10.2. The number of ether oxygens (including phenoxy) is 3. The molecule has 0 saturated heterocycles. The van der Waals surface area contributed by atoms with Crippen LogP contribution in [0.4, 0.5) is 0 Å². The number of fused-ring (bicyclic) bond motifs is 2. The van der Waals surface area contributed by atoms with Gasteiger partial charge < -0.3 is 23.7 Å². The predicted octanol–water partition coefficient (Wildman–Crippen LogP) is 2.24. The summed E-state index contributed by atoms with van der Waals surface area (Å²) in [6.07, 6.45) is 4.24. The lowest BCUT2D eigenvalue weighted by Gasteiger charge is -2.29. The largest absolute Gasteiger partial charge is 0.492 e. The van der Waals surface area contributed by atoms with Gasteiger partial charge in [0.15, 0.2) is 0 Å². The Bertz CT molecular complexity index is 1340. The first-order valence-electron chi connectivity index (χ1n) is 11.9. The lowest BCUT2D eigenvalue weighted by molar-refractivity contribution is -0.136. The minimum Gasteiger partial charge on any atom is -0.492 e. The van der Waals surface area contributed by atoms with E-state index in [1.807, 2.05) is 30.3 Å². The van der Waals surface area contributed by atoms with Gasteiger partial charge >= 0.3 is 5.97 Å². The lowest BCUT2D eigenvalue weighted by atomic mass is 9.95. The molecule has 0 aliphatic carbocycles. The molecule has 2 aromatic heterocycles. The molecule has 0 radical (unpaired) electrons. The fraction of sp³-hybridized carbons (Fsp3) is 0.333. The molecule has 9 nitrogen and oxygen atoms in total. The molecule has 0 saturated carbocycles. The highest BCUT2D eigenvalue weighted by Gasteiger charge is 2.32. The Balaban J connectivity index is 1.38. The van der Waals surface area contributed by atoms with Crippen molar-refractivity contribution < 1.29 is 23.8 Å². The van der Waals surface area contributed by atoms with Crippen LogP contribution < -0.4 is 15.0 Å². The van der Waals surface area contributed by atoms with E-state index in [-0.39, 0.29) is 41.8 Å². The number of rotatable bonds is 5. The van der Waals surface area contributed by atoms with Crippen molar-refractivity contribution in [2.45, 2.75) is 26.0 Å². The van der Waals surface area contributed by atoms with E-state index in [0.717, 1.165) is 16.9 Å². The Morgan fingerprint density at radius 3 is 2.81 bits per heavy atom. The van der Waals surface area contributed by atoms with E-state index in [1.165, 1.54) is 13.2 Å². The normalized spacial score (nSPS) is 16.7. The molecule has 4 heterocycles.